The molecule has 0 heterocycles. The van der Waals surface area contributed by atoms with Gasteiger partial charge < -0.3 is 5.73 Å². The van der Waals surface area contributed by atoms with E-state index in [1.165, 1.54) is 18.9 Å². The van der Waals surface area contributed by atoms with Crippen LogP contribution in [0.1, 0.15) is 38.2 Å². The highest BCUT2D eigenvalue weighted by molar-refractivity contribution is 6.30. The molecule has 1 aromatic rings. The molecule has 100 valence electrons. The summed E-state index contributed by atoms with van der Waals surface area (Å²) in [6.07, 6.45) is 5.41. The Morgan fingerprint density at radius 2 is 2.28 bits per heavy atom. The maximum Gasteiger partial charge on any atom is 0.127 e. The molecule has 0 spiro atoms. The van der Waals surface area contributed by atoms with Gasteiger partial charge in [0.2, 0.25) is 0 Å². The summed E-state index contributed by atoms with van der Waals surface area (Å²) in [6.45, 7) is 2.87. The molecule has 1 aliphatic rings. The van der Waals surface area contributed by atoms with Crippen molar-refractivity contribution < 1.29 is 4.39 Å². The van der Waals surface area contributed by atoms with Gasteiger partial charge in [-0.05, 0) is 61.3 Å². The summed E-state index contributed by atoms with van der Waals surface area (Å²) >= 11 is 5.78. The third kappa shape index (κ3) is 2.86. The zero-order valence-corrected chi connectivity index (χ0v) is 11.6. The fourth-order valence-electron chi connectivity index (χ4n) is 3.16. The van der Waals surface area contributed by atoms with E-state index in [0.717, 1.165) is 30.7 Å². The molecule has 0 aromatic heterocycles. The van der Waals surface area contributed by atoms with E-state index in [0.29, 0.717) is 11.6 Å². The van der Waals surface area contributed by atoms with Crippen molar-refractivity contribution in [2.75, 3.05) is 6.54 Å². The minimum Gasteiger partial charge on any atom is -0.330 e. The topological polar surface area (TPSA) is 26.0 Å². The summed E-state index contributed by atoms with van der Waals surface area (Å²) in [4.78, 5) is 0. The van der Waals surface area contributed by atoms with Gasteiger partial charge in [-0.2, -0.15) is 0 Å². The zero-order valence-electron chi connectivity index (χ0n) is 10.9. The van der Waals surface area contributed by atoms with Crippen LogP contribution in [-0.4, -0.2) is 6.54 Å². The van der Waals surface area contributed by atoms with E-state index in [-0.39, 0.29) is 11.2 Å². The molecule has 2 atom stereocenters. The SMILES string of the molecule is CCC1CCC(CN)(Cc2ccc(Cl)cc2F)C1. The molecule has 18 heavy (non-hydrogen) atoms. The molecule has 2 rings (SSSR count). The van der Waals surface area contributed by atoms with Crippen molar-refractivity contribution >= 4 is 11.6 Å². The van der Waals surface area contributed by atoms with Crippen LogP contribution in [0.3, 0.4) is 0 Å². The molecule has 1 aromatic carbocycles. The molecular weight excluding hydrogens is 249 g/mol. The summed E-state index contributed by atoms with van der Waals surface area (Å²) in [5, 5.41) is 0.455. The lowest BCUT2D eigenvalue weighted by atomic mass is 9.79. The molecule has 1 aliphatic carbocycles. The third-order valence-electron chi connectivity index (χ3n) is 4.40. The molecule has 2 N–H and O–H groups in total. The van der Waals surface area contributed by atoms with Gasteiger partial charge in [0.05, 0.1) is 0 Å². The number of benzene rings is 1. The van der Waals surface area contributed by atoms with E-state index in [1.54, 1.807) is 12.1 Å². The van der Waals surface area contributed by atoms with Crippen molar-refractivity contribution in [3.63, 3.8) is 0 Å². The van der Waals surface area contributed by atoms with Crippen LogP contribution in [0.25, 0.3) is 0 Å². The average molecular weight is 270 g/mol. The first-order valence-electron chi connectivity index (χ1n) is 6.72. The maximum absolute atomic E-state index is 13.9. The van der Waals surface area contributed by atoms with Crippen LogP contribution in [0.15, 0.2) is 18.2 Å². The number of hydrogen-bond acceptors (Lipinski definition) is 1. The van der Waals surface area contributed by atoms with Gasteiger partial charge in [0, 0.05) is 5.02 Å². The summed E-state index contributed by atoms with van der Waals surface area (Å²) < 4.78 is 13.9. The van der Waals surface area contributed by atoms with Gasteiger partial charge in [0.15, 0.2) is 0 Å². The lowest BCUT2D eigenvalue weighted by Crippen LogP contribution is -2.30. The number of hydrogen-bond donors (Lipinski definition) is 1. The van der Waals surface area contributed by atoms with E-state index in [4.69, 9.17) is 17.3 Å². The Kier molecular flexibility index (Phi) is 4.29. The Labute approximate surface area is 114 Å². The molecule has 0 aliphatic heterocycles. The third-order valence-corrected chi connectivity index (χ3v) is 4.63. The second-order valence-electron chi connectivity index (χ2n) is 5.63. The summed E-state index contributed by atoms with van der Waals surface area (Å²) in [6, 6.07) is 4.96. The number of rotatable bonds is 4. The standard InChI is InChI=1S/C15H21ClFN/c1-2-11-5-6-15(8-11,10-18)9-12-3-4-13(16)7-14(12)17/h3-4,7,11H,2,5-6,8-10,18H2,1H3. The molecule has 0 bridgehead atoms. The average Bonchev–Trinajstić information content (AvgIpc) is 2.77. The highest BCUT2D eigenvalue weighted by Gasteiger charge is 2.37. The first-order valence-corrected chi connectivity index (χ1v) is 7.10. The molecule has 0 radical (unpaired) electrons. The lowest BCUT2D eigenvalue weighted by molar-refractivity contribution is 0.287. The first kappa shape index (κ1) is 13.8. The Hall–Kier alpha value is -0.600. The van der Waals surface area contributed by atoms with Crippen molar-refractivity contribution in [1.29, 1.82) is 0 Å². The Bertz CT molecular complexity index is 421. The van der Waals surface area contributed by atoms with Crippen molar-refractivity contribution in [1.82, 2.24) is 0 Å². The van der Waals surface area contributed by atoms with E-state index in [9.17, 15) is 4.39 Å². The van der Waals surface area contributed by atoms with Gasteiger partial charge >= 0.3 is 0 Å². The lowest BCUT2D eigenvalue weighted by Gasteiger charge is -2.28. The number of nitrogens with two attached hydrogens (primary N) is 1. The number of halogens is 2. The van der Waals surface area contributed by atoms with Gasteiger partial charge in [-0.1, -0.05) is 31.0 Å². The first-order chi connectivity index (χ1) is 8.58. The second kappa shape index (κ2) is 5.58. The molecule has 0 amide bonds. The zero-order chi connectivity index (χ0) is 13.2. The maximum atomic E-state index is 13.9. The van der Waals surface area contributed by atoms with Gasteiger partial charge in [0.1, 0.15) is 5.82 Å². The molecule has 1 fully saturated rings. The summed E-state index contributed by atoms with van der Waals surface area (Å²) in [5.74, 6) is 0.555. The smallest absolute Gasteiger partial charge is 0.127 e. The highest BCUT2D eigenvalue weighted by atomic mass is 35.5. The quantitative estimate of drug-likeness (QED) is 0.872. The van der Waals surface area contributed by atoms with Gasteiger partial charge in [-0.3, -0.25) is 0 Å². The summed E-state index contributed by atoms with van der Waals surface area (Å²) in [5.41, 5.74) is 6.81. The Balaban J connectivity index is 2.16. The Morgan fingerprint density at radius 1 is 1.50 bits per heavy atom. The molecule has 2 unspecified atom stereocenters. The minimum absolute atomic E-state index is 0.0926. The molecule has 0 saturated heterocycles. The Morgan fingerprint density at radius 3 is 2.83 bits per heavy atom. The van der Waals surface area contributed by atoms with Crippen LogP contribution in [0, 0.1) is 17.2 Å². The predicted molar refractivity (Wildman–Crippen MR) is 74.2 cm³/mol. The van der Waals surface area contributed by atoms with E-state index in [1.807, 2.05) is 0 Å². The summed E-state index contributed by atoms with van der Waals surface area (Å²) in [7, 11) is 0. The van der Waals surface area contributed by atoms with Gasteiger partial charge in [0.25, 0.3) is 0 Å². The largest absolute Gasteiger partial charge is 0.330 e. The fourth-order valence-corrected chi connectivity index (χ4v) is 3.32. The van der Waals surface area contributed by atoms with Crippen molar-refractivity contribution in [3.8, 4) is 0 Å². The molecule has 3 heteroatoms. The van der Waals surface area contributed by atoms with E-state index in [2.05, 4.69) is 6.92 Å². The normalized spacial score (nSPS) is 27.7. The molecule has 1 nitrogen and oxygen atoms in total. The van der Waals surface area contributed by atoms with Crippen molar-refractivity contribution in [2.24, 2.45) is 17.1 Å². The van der Waals surface area contributed by atoms with Gasteiger partial charge in [-0.15, -0.1) is 0 Å². The van der Waals surface area contributed by atoms with Crippen LogP contribution in [0.4, 0.5) is 4.39 Å². The molecular formula is C15H21ClFN. The monoisotopic (exact) mass is 269 g/mol. The fraction of sp³-hybridized carbons (Fsp3) is 0.600. The van der Waals surface area contributed by atoms with Crippen LogP contribution in [-0.2, 0) is 6.42 Å². The minimum atomic E-state index is -0.199. The molecule has 1 saturated carbocycles. The van der Waals surface area contributed by atoms with E-state index < -0.39 is 0 Å². The predicted octanol–water partition coefficient (Wildman–Crippen LogP) is 4.18. The van der Waals surface area contributed by atoms with Crippen LogP contribution >= 0.6 is 11.6 Å². The van der Waals surface area contributed by atoms with Crippen molar-refractivity contribution in [3.05, 3.63) is 34.6 Å². The van der Waals surface area contributed by atoms with Gasteiger partial charge in [-0.25, -0.2) is 4.39 Å². The van der Waals surface area contributed by atoms with E-state index >= 15 is 0 Å². The second-order valence-corrected chi connectivity index (χ2v) is 6.07. The highest BCUT2D eigenvalue weighted by Crippen LogP contribution is 2.45. The van der Waals surface area contributed by atoms with Crippen molar-refractivity contribution in [2.45, 2.75) is 39.0 Å². The van der Waals surface area contributed by atoms with Crippen LogP contribution in [0.5, 0.6) is 0 Å². The van der Waals surface area contributed by atoms with Crippen LogP contribution < -0.4 is 5.73 Å². The van der Waals surface area contributed by atoms with Crippen LogP contribution in [0.2, 0.25) is 5.02 Å².